The fraction of sp³-hybridized carbons (Fsp3) is 1.00. The van der Waals surface area contributed by atoms with Gasteiger partial charge in [0.25, 0.3) is 0 Å². The summed E-state index contributed by atoms with van der Waals surface area (Å²) in [4.78, 5) is 0. The predicted molar refractivity (Wildman–Crippen MR) is 95.0 cm³/mol. The molecule has 0 aliphatic rings. The molecule has 0 heterocycles. The normalized spacial score (nSPS) is 14.3. The molecule has 0 spiro atoms. The Balaban J connectivity index is 3.66. The first-order valence-corrected chi connectivity index (χ1v) is 9.38. The zero-order valence-electron chi connectivity index (χ0n) is 15.3. The molecule has 0 aromatic rings. The molecule has 0 amide bonds. The summed E-state index contributed by atoms with van der Waals surface area (Å²) < 4.78 is 5.11. The van der Waals surface area contributed by atoms with Gasteiger partial charge < -0.3 is 10.1 Å². The Labute approximate surface area is 134 Å². The predicted octanol–water partition coefficient (Wildman–Crippen LogP) is 5.56. The molecule has 0 bridgehead atoms. The van der Waals surface area contributed by atoms with E-state index in [9.17, 15) is 0 Å². The highest BCUT2D eigenvalue weighted by Crippen LogP contribution is 2.29. The number of methoxy groups -OCH3 is 1. The van der Waals surface area contributed by atoms with Crippen LogP contribution < -0.4 is 5.32 Å². The molecule has 1 N–H and O–H groups in total. The number of hydrogen-bond acceptors (Lipinski definition) is 2. The Kier molecular flexibility index (Phi) is 14.8. The zero-order chi connectivity index (χ0) is 15.8. The lowest BCUT2D eigenvalue weighted by atomic mass is 9.80. The summed E-state index contributed by atoms with van der Waals surface area (Å²) >= 11 is 0. The van der Waals surface area contributed by atoms with Crippen LogP contribution in [0.5, 0.6) is 0 Å². The second-order valence-corrected chi connectivity index (χ2v) is 6.96. The SMILES string of the molecule is CCCCCCCCCCC(C)(CCC)CNCCOC. The molecular formula is C19H41NO. The van der Waals surface area contributed by atoms with Gasteiger partial charge in [-0.1, -0.05) is 78.6 Å². The summed E-state index contributed by atoms with van der Waals surface area (Å²) in [5.41, 5.74) is 0.477. The van der Waals surface area contributed by atoms with E-state index in [4.69, 9.17) is 4.74 Å². The maximum absolute atomic E-state index is 5.11. The van der Waals surface area contributed by atoms with Crippen molar-refractivity contribution < 1.29 is 4.74 Å². The van der Waals surface area contributed by atoms with Gasteiger partial charge in [0.1, 0.15) is 0 Å². The lowest BCUT2D eigenvalue weighted by molar-refractivity contribution is 0.186. The van der Waals surface area contributed by atoms with Gasteiger partial charge in [0.05, 0.1) is 6.61 Å². The van der Waals surface area contributed by atoms with E-state index in [1.54, 1.807) is 7.11 Å². The number of ether oxygens (including phenoxy) is 1. The van der Waals surface area contributed by atoms with Crippen molar-refractivity contribution in [3.63, 3.8) is 0 Å². The smallest absolute Gasteiger partial charge is 0.0587 e. The first-order valence-electron chi connectivity index (χ1n) is 9.38. The van der Waals surface area contributed by atoms with E-state index >= 15 is 0 Å². The minimum absolute atomic E-state index is 0.477. The van der Waals surface area contributed by atoms with E-state index in [2.05, 4.69) is 26.1 Å². The van der Waals surface area contributed by atoms with Gasteiger partial charge in [0, 0.05) is 20.2 Å². The average Bonchev–Trinajstić information content (AvgIpc) is 2.47. The molecule has 1 unspecified atom stereocenters. The summed E-state index contributed by atoms with van der Waals surface area (Å²) in [6, 6.07) is 0. The summed E-state index contributed by atoms with van der Waals surface area (Å²) in [6.07, 6.45) is 15.3. The molecule has 0 aromatic heterocycles. The third-order valence-corrected chi connectivity index (χ3v) is 4.52. The van der Waals surface area contributed by atoms with Gasteiger partial charge in [-0.2, -0.15) is 0 Å². The van der Waals surface area contributed by atoms with Crippen LogP contribution in [0, 0.1) is 5.41 Å². The van der Waals surface area contributed by atoms with Gasteiger partial charge >= 0.3 is 0 Å². The molecule has 2 nitrogen and oxygen atoms in total. The molecule has 0 aliphatic heterocycles. The van der Waals surface area contributed by atoms with Crippen molar-refractivity contribution in [1.82, 2.24) is 5.32 Å². The van der Waals surface area contributed by atoms with E-state index in [1.807, 2.05) is 0 Å². The Morgan fingerprint density at radius 2 is 1.43 bits per heavy atom. The third kappa shape index (κ3) is 13.3. The lowest BCUT2D eigenvalue weighted by Crippen LogP contribution is -2.33. The van der Waals surface area contributed by atoms with Crippen molar-refractivity contribution in [2.75, 3.05) is 26.8 Å². The summed E-state index contributed by atoms with van der Waals surface area (Å²) in [5, 5.41) is 3.56. The lowest BCUT2D eigenvalue weighted by Gasteiger charge is -2.30. The second kappa shape index (κ2) is 14.8. The summed E-state index contributed by atoms with van der Waals surface area (Å²) in [6.45, 7) is 9.99. The van der Waals surface area contributed by atoms with Gasteiger partial charge in [-0.3, -0.25) is 0 Å². The van der Waals surface area contributed by atoms with Crippen molar-refractivity contribution in [2.24, 2.45) is 5.41 Å². The highest BCUT2D eigenvalue weighted by molar-refractivity contribution is 4.76. The molecule has 0 aromatic carbocycles. The Morgan fingerprint density at radius 3 is 2.00 bits per heavy atom. The van der Waals surface area contributed by atoms with E-state index < -0.39 is 0 Å². The average molecular weight is 300 g/mol. The first-order chi connectivity index (χ1) is 10.2. The first kappa shape index (κ1) is 20.9. The van der Waals surface area contributed by atoms with E-state index in [0.29, 0.717) is 5.41 Å². The summed E-state index contributed by atoms with van der Waals surface area (Å²) in [5.74, 6) is 0. The molecular weight excluding hydrogens is 258 g/mol. The van der Waals surface area contributed by atoms with Crippen LogP contribution in [0.3, 0.4) is 0 Å². The van der Waals surface area contributed by atoms with Gasteiger partial charge in [0.15, 0.2) is 0 Å². The maximum Gasteiger partial charge on any atom is 0.0587 e. The van der Waals surface area contributed by atoms with Crippen molar-refractivity contribution >= 4 is 0 Å². The van der Waals surface area contributed by atoms with E-state index in [0.717, 1.165) is 19.7 Å². The third-order valence-electron chi connectivity index (χ3n) is 4.52. The van der Waals surface area contributed by atoms with Crippen LogP contribution in [0.15, 0.2) is 0 Å². The molecule has 0 radical (unpaired) electrons. The fourth-order valence-corrected chi connectivity index (χ4v) is 3.16. The molecule has 128 valence electrons. The van der Waals surface area contributed by atoms with Crippen LogP contribution in [-0.4, -0.2) is 26.8 Å². The topological polar surface area (TPSA) is 21.3 Å². The maximum atomic E-state index is 5.11. The van der Waals surface area contributed by atoms with Crippen molar-refractivity contribution in [3.05, 3.63) is 0 Å². The molecule has 1 atom stereocenters. The Morgan fingerprint density at radius 1 is 0.810 bits per heavy atom. The molecule has 0 rings (SSSR count). The minimum Gasteiger partial charge on any atom is -0.383 e. The van der Waals surface area contributed by atoms with Gasteiger partial charge in [-0.05, 0) is 18.3 Å². The van der Waals surface area contributed by atoms with Gasteiger partial charge in [-0.15, -0.1) is 0 Å². The molecule has 2 heteroatoms. The second-order valence-electron chi connectivity index (χ2n) is 6.96. The van der Waals surface area contributed by atoms with Crippen molar-refractivity contribution in [3.8, 4) is 0 Å². The molecule has 0 saturated carbocycles. The highest BCUT2D eigenvalue weighted by Gasteiger charge is 2.22. The zero-order valence-corrected chi connectivity index (χ0v) is 15.3. The van der Waals surface area contributed by atoms with Crippen LogP contribution in [0.2, 0.25) is 0 Å². The molecule has 21 heavy (non-hydrogen) atoms. The van der Waals surface area contributed by atoms with Crippen LogP contribution in [0.4, 0.5) is 0 Å². The van der Waals surface area contributed by atoms with Crippen LogP contribution in [0.25, 0.3) is 0 Å². The highest BCUT2D eigenvalue weighted by atomic mass is 16.5. The van der Waals surface area contributed by atoms with Crippen LogP contribution in [0.1, 0.15) is 91.4 Å². The van der Waals surface area contributed by atoms with Gasteiger partial charge in [-0.25, -0.2) is 0 Å². The Bertz CT molecular complexity index is 208. The van der Waals surface area contributed by atoms with Gasteiger partial charge in [0.2, 0.25) is 0 Å². The number of nitrogens with one attached hydrogen (secondary N) is 1. The quantitative estimate of drug-likeness (QED) is 0.377. The summed E-state index contributed by atoms with van der Waals surface area (Å²) in [7, 11) is 1.77. The largest absolute Gasteiger partial charge is 0.383 e. The van der Waals surface area contributed by atoms with Crippen LogP contribution in [-0.2, 0) is 4.74 Å². The molecule has 0 saturated heterocycles. The molecule has 0 aliphatic carbocycles. The van der Waals surface area contributed by atoms with Crippen LogP contribution >= 0.6 is 0 Å². The number of hydrogen-bond donors (Lipinski definition) is 1. The van der Waals surface area contributed by atoms with Crippen molar-refractivity contribution in [2.45, 2.75) is 91.4 Å². The standard InChI is InChI=1S/C19H41NO/c1-5-7-8-9-10-11-12-13-15-19(3,14-6-2)18-20-16-17-21-4/h20H,5-18H2,1-4H3. The number of rotatable bonds is 16. The van der Waals surface area contributed by atoms with Crippen molar-refractivity contribution in [1.29, 1.82) is 0 Å². The van der Waals surface area contributed by atoms with E-state index in [1.165, 1.54) is 70.6 Å². The fourth-order valence-electron chi connectivity index (χ4n) is 3.16. The minimum atomic E-state index is 0.477. The molecule has 0 fully saturated rings. The monoisotopic (exact) mass is 299 g/mol. The Hall–Kier alpha value is -0.0800. The van der Waals surface area contributed by atoms with E-state index in [-0.39, 0.29) is 0 Å². The number of unbranched alkanes of at least 4 members (excludes halogenated alkanes) is 7.